The maximum atomic E-state index is 13.1. The lowest BCUT2D eigenvalue weighted by molar-refractivity contribution is 0.0633. The molecule has 1 saturated heterocycles. The van der Waals surface area contributed by atoms with Crippen LogP contribution in [0.3, 0.4) is 0 Å². The highest BCUT2D eigenvalue weighted by Crippen LogP contribution is 2.24. The third-order valence-corrected chi connectivity index (χ3v) is 5.44. The highest BCUT2D eigenvalue weighted by molar-refractivity contribution is 5.97. The fourth-order valence-electron chi connectivity index (χ4n) is 3.81. The summed E-state index contributed by atoms with van der Waals surface area (Å²) in [5.41, 5.74) is 2.27. The van der Waals surface area contributed by atoms with E-state index < -0.39 is 0 Å². The van der Waals surface area contributed by atoms with Crippen molar-refractivity contribution in [2.75, 3.05) is 38.7 Å². The van der Waals surface area contributed by atoms with Crippen LogP contribution in [0.15, 0.2) is 48.5 Å². The van der Waals surface area contributed by atoms with Gasteiger partial charge < -0.3 is 19.9 Å². The average Bonchev–Trinajstić information content (AvgIpc) is 2.77. The maximum absolute atomic E-state index is 13.1. The summed E-state index contributed by atoms with van der Waals surface area (Å²) < 4.78 is 6.06. The number of carbonyl (C=O) groups is 2. The van der Waals surface area contributed by atoms with Crippen LogP contribution in [0.25, 0.3) is 0 Å². The molecule has 0 bridgehead atoms. The van der Waals surface area contributed by atoms with E-state index in [9.17, 15) is 9.59 Å². The van der Waals surface area contributed by atoms with Gasteiger partial charge in [-0.15, -0.1) is 0 Å². The van der Waals surface area contributed by atoms with Gasteiger partial charge >= 0.3 is 0 Å². The molecule has 6 nitrogen and oxygen atoms in total. The Balaban J connectivity index is 1.63. The quantitative estimate of drug-likeness (QED) is 0.735. The van der Waals surface area contributed by atoms with Crippen LogP contribution in [0.2, 0.25) is 0 Å². The number of carbonyl (C=O) groups excluding carboxylic acids is 2. The van der Waals surface area contributed by atoms with Crippen molar-refractivity contribution in [1.29, 1.82) is 0 Å². The molecular formula is C25H33N3O3. The summed E-state index contributed by atoms with van der Waals surface area (Å²) in [7, 11) is 3.94. The first-order valence-corrected chi connectivity index (χ1v) is 10.9. The van der Waals surface area contributed by atoms with E-state index in [-0.39, 0.29) is 23.8 Å². The van der Waals surface area contributed by atoms with Gasteiger partial charge in [0, 0.05) is 50.4 Å². The largest absolute Gasteiger partial charge is 0.492 e. The lowest BCUT2D eigenvalue weighted by atomic mass is 9.98. The molecule has 2 amide bonds. The SMILES string of the molecule is CC(C)NC(=O)c1ccccc1OCC1CCCN(C(=O)c2cccc(N(C)C)c2)C1. The summed E-state index contributed by atoms with van der Waals surface area (Å²) in [5, 5.41) is 2.91. The van der Waals surface area contributed by atoms with E-state index in [2.05, 4.69) is 5.32 Å². The highest BCUT2D eigenvalue weighted by Gasteiger charge is 2.25. The molecular weight excluding hydrogens is 390 g/mol. The molecule has 0 aromatic heterocycles. The summed E-state index contributed by atoms with van der Waals surface area (Å²) >= 11 is 0. The van der Waals surface area contributed by atoms with E-state index in [0.29, 0.717) is 30.0 Å². The average molecular weight is 424 g/mol. The Morgan fingerprint density at radius 1 is 1.16 bits per heavy atom. The second kappa shape index (κ2) is 10.3. The zero-order valence-electron chi connectivity index (χ0n) is 18.9. The number of amides is 2. The van der Waals surface area contributed by atoms with Crippen LogP contribution in [0.1, 0.15) is 47.4 Å². The van der Waals surface area contributed by atoms with Crippen LogP contribution in [-0.4, -0.2) is 56.5 Å². The van der Waals surface area contributed by atoms with Crippen molar-refractivity contribution in [3.05, 3.63) is 59.7 Å². The van der Waals surface area contributed by atoms with Crippen LogP contribution >= 0.6 is 0 Å². The van der Waals surface area contributed by atoms with Gasteiger partial charge in [0.25, 0.3) is 11.8 Å². The van der Waals surface area contributed by atoms with Crippen LogP contribution in [0.4, 0.5) is 5.69 Å². The first kappa shape index (κ1) is 22.7. The number of ether oxygens (including phenoxy) is 1. The van der Waals surface area contributed by atoms with Gasteiger partial charge in [0.2, 0.25) is 0 Å². The van der Waals surface area contributed by atoms with Gasteiger partial charge in [0.15, 0.2) is 0 Å². The zero-order chi connectivity index (χ0) is 22.4. The van der Waals surface area contributed by atoms with Gasteiger partial charge in [0.05, 0.1) is 12.2 Å². The van der Waals surface area contributed by atoms with E-state index in [1.54, 1.807) is 6.07 Å². The number of nitrogens with zero attached hydrogens (tertiary/aromatic N) is 2. The number of anilines is 1. The minimum Gasteiger partial charge on any atom is -0.492 e. The van der Waals surface area contributed by atoms with Gasteiger partial charge in [-0.25, -0.2) is 0 Å². The number of rotatable bonds is 7. The Morgan fingerprint density at radius 2 is 1.94 bits per heavy atom. The lowest BCUT2D eigenvalue weighted by Crippen LogP contribution is -2.41. The van der Waals surface area contributed by atoms with Crippen LogP contribution in [0, 0.1) is 5.92 Å². The van der Waals surface area contributed by atoms with Crippen molar-refractivity contribution in [3.63, 3.8) is 0 Å². The normalized spacial score (nSPS) is 16.2. The number of hydrogen-bond acceptors (Lipinski definition) is 4. The Bertz CT molecular complexity index is 910. The predicted octanol–water partition coefficient (Wildman–Crippen LogP) is 3.82. The Kier molecular flexibility index (Phi) is 7.55. The molecule has 1 unspecified atom stereocenters. The van der Waals surface area contributed by atoms with Crippen molar-refractivity contribution in [3.8, 4) is 5.75 Å². The van der Waals surface area contributed by atoms with E-state index >= 15 is 0 Å². The molecule has 0 spiro atoms. The van der Waals surface area contributed by atoms with Gasteiger partial charge in [-0.05, 0) is 57.0 Å². The summed E-state index contributed by atoms with van der Waals surface area (Å²) in [6.07, 6.45) is 1.95. The van der Waals surface area contributed by atoms with Gasteiger partial charge in [0.1, 0.15) is 5.75 Å². The van der Waals surface area contributed by atoms with Gasteiger partial charge in [-0.1, -0.05) is 18.2 Å². The van der Waals surface area contributed by atoms with Crippen LogP contribution < -0.4 is 15.0 Å². The topological polar surface area (TPSA) is 61.9 Å². The van der Waals surface area contributed by atoms with Crippen molar-refractivity contribution in [2.24, 2.45) is 5.92 Å². The monoisotopic (exact) mass is 423 g/mol. The number of para-hydroxylation sites is 1. The molecule has 0 radical (unpaired) electrons. The summed E-state index contributed by atoms with van der Waals surface area (Å²) in [6, 6.07) is 15.1. The second-order valence-corrected chi connectivity index (χ2v) is 8.64. The maximum Gasteiger partial charge on any atom is 0.255 e. The van der Waals surface area contributed by atoms with Crippen LogP contribution in [0.5, 0.6) is 5.75 Å². The molecule has 166 valence electrons. The van der Waals surface area contributed by atoms with Crippen molar-refractivity contribution < 1.29 is 14.3 Å². The number of piperidine rings is 1. The molecule has 1 aliphatic heterocycles. The second-order valence-electron chi connectivity index (χ2n) is 8.64. The van der Waals surface area contributed by atoms with Crippen molar-refractivity contribution >= 4 is 17.5 Å². The smallest absolute Gasteiger partial charge is 0.255 e. The number of hydrogen-bond donors (Lipinski definition) is 1. The predicted molar refractivity (Wildman–Crippen MR) is 124 cm³/mol. The third-order valence-electron chi connectivity index (χ3n) is 5.44. The first-order chi connectivity index (χ1) is 14.8. The molecule has 6 heteroatoms. The molecule has 1 heterocycles. The molecule has 1 fully saturated rings. The van der Waals surface area contributed by atoms with E-state index in [4.69, 9.17) is 4.74 Å². The molecule has 31 heavy (non-hydrogen) atoms. The Hall–Kier alpha value is -3.02. The Labute approximate surface area is 185 Å². The van der Waals surface area contributed by atoms with Crippen molar-refractivity contribution in [2.45, 2.75) is 32.7 Å². The van der Waals surface area contributed by atoms with Crippen LogP contribution in [-0.2, 0) is 0 Å². The molecule has 1 N–H and O–H groups in total. The van der Waals surface area contributed by atoms with Crippen molar-refractivity contribution in [1.82, 2.24) is 10.2 Å². The molecule has 1 atom stereocenters. The summed E-state index contributed by atoms with van der Waals surface area (Å²) in [6.45, 7) is 5.76. The molecule has 3 rings (SSSR count). The van der Waals surface area contributed by atoms with Gasteiger partial charge in [-0.2, -0.15) is 0 Å². The number of benzene rings is 2. The summed E-state index contributed by atoms with van der Waals surface area (Å²) in [4.78, 5) is 29.4. The molecule has 0 saturated carbocycles. The number of nitrogens with one attached hydrogen (secondary N) is 1. The third kappa shape index (κ3) is 6.00. The van der Waals surface area contributed by atoms with E-state index in [1.165, 1.54) is 0 Å². The standard InChI is InChI=1S/C25H33N3O3/c1-18(2)26-24(29)22-12-5-6-13-23(22)31-17-19-9-8-14-28(16-19)25(30)20-10-7-11-21(15-20)27(3)4/h5-7,10-13,15,18-19H,8-9,14,16-17H2,1-4H3,(H,26,29). The first-order valence-electron chi connectivity index (χ1n) is 10.9. The molecule has 2 aromatic rings. The fraction of sp³-hybridized carbons (Fsp3) is 0.440. The van der Waals surface area contributed by atoms with E-state index in [0.717, 1.165) is 25.1 Å². The summed E-state index contributed by atoms with van der Waals surface area (Å²) in [5.74, 6) is 0.746. The lowest BCUT2D eigenvalue weighted by Gasteiger charge is -2.33. The fourth-order valence-corrected chi connectivity index (χ4v) is 3.81. The van der Waals surface area contributed by atoms with E-state index in [1.807, 2.05) is 80.2 Å². The minimum absolute atomic E-state index is 0.0597. The molecule has 2 aromatic carbocycles. The molecule has 1 aliphatic rings. The Morgan fingerprint density at radius 3 is 2.68 bits per heavy atom. The van der Waals surface area contributed by atoms with Gasteiger partial charge in [-0.3, -0.25) is 9.59 Å². The highest BCUT2D eigenvalue weighted by atomic mass is 16.5. The molecule has 0 aliphatic carbocycles. The number of likely N-dealkylation sites (tertiary alicyclic amines) is 1. The zero-order valence-corrected chi connectivity index (χ0v) is 18.9. The minimum atomic E-state index is -0.133.